The van der Waals surface area contributed by atoms with Gasteiger partial charge in [-0.15, -0.1) is 0 Å². The van der Waals surface area contributed by atoms with E-state index in [1.54, 1.807) is 38.2 Å². The number of ketones is 4. The van der Waals surface area contributed by atoms with Crippen molar-refractivity contribution >= 4 is 29.1 Å². The number of allylic oxidation sites excluding steroid dienone is 10. The third-order valence-electron chi connectivity index (χ3n) is 15.5. The normalized spacial score (nSPS) is 41.8. The average molecular weight is 710 g/mol. The lowest BCUT2D eigenvalue weighted by Crippen LogP contribution is -2.50. The lowest BCUT2D eigenvalue weighted by molar-refractivity contribution is -0.139. The first-order chi connectivity index (χ1) is 24.3. The van der Waals surface area contributed by atoms with Gasteiger partial charge in [0.1, 0.15) is 17.6 Å². The minimum atomic E-state index is -0.931. The number of aliphatic carboxylic acids is 1. The van der Waals surface area contributed by atoms with Gasteiger partial charge in [0, 0.05) is 34.5 Å². The molecule has 0 heterocycles. The molecule has 280 valence electrons. The van der Waals surface area contributed by atoms with E-state index in [-0.39, 0.29) is 39.1 Å². The summed E-state index contributed by atoms with van der Waals surface area (Å²) in [6.07, 6.45) is 21.0. The van der Waals surface area contributed by atoms with Crippen molar-refractivity contribution in [2.24, 2.45) is 68.8 Å². The van der Waals surface area contributed by atoms with Crippen molar-refractivity contribution in [3.05, 3.63) is 71.9 Å². The van der Waals surface area contributed by atoms with E-state index in [1.165, 1.54) is 0 Å². The van der Waals surface area contributed by atoms with E-state index in [4.69, 9.17) is 10.8 Å². The van der Waals surface area contributed by atoms with Gasteiger partial charge in [0.25, 0.3) is 0 Å². The number of fused-ring (bicyclic) bond motifs is 10. The molecule has 52 heavy (non-hydrogen) atoms. The lowest BCUT2D eigenvalue weighted by Gasteiger charge is -2.56. The fourth-order valence-corrected chi connectivity index (χ4v) is 12.2. The summed E-state index contributed by atoms with van der Waals surface area (Å²) in [6.45, 7) is 21.0. The number of carbonyl (C=O) groups is 5. The summed E-state index contributed by atoms with van der Waals surface area (Å²) < 4.78 is 0. The van der Waals surface area contributed by atoms with Crippen molar-refractivity contribution in [1.82, 2.24) is 0 Å². The van der Waals surface area contributed by atoms with Crippen LogP contribution in [-0.4, -0.2) is 40.3 Å². The van der Waals surface area contributed by atoms with Crippen LogP contribution in [0.25, 0.3) is 0 Å². The summed E-state index contributed by atoms with van der Waals surface area (Å²) in [5.41, 5.74) is 9.34. The summed E-state index contributed by atoms with van der Waals surface area (Å²) >= 11 is 0. The van der Waals surface area contributed by atoms with Gasteiger partial charge in [-0.1, -0.05) is 78.0 Å². The predicted octanol–water partition coefficient (Wildman–Crippen LogP) is 8.11. The van der Waals surface area contributed by atoms with Crippen LogP contribution in [0, 0.1) is 63.1 Å². The van der Waals surface area contributed by atoms with Crippen LogP contribution in [0.1, 0.15) is 106 Å². The molecule has 0 aromatic heterocycles. The van der Waals surface area contributed by atoms with Crippen LogP contribution in [0.4, 0.5) is 0 Å². The maximum absolute atomic E-state index is 12.4. The number of hydrogen-bond donors (Lipinski definition) is 2. The Labute approximate surface area is 310 Å². The molecule has 8 aliphatic rings. The highest BCUT2D eigenvalue weighted by molar-refractivity contribution is 6.02. The molecule has 0 spiro atoms. The molecule has 0 aromatic carbocycles. The van der Waals surface area contributed by atoms with Gasteiger partial charge in [0.15, 0.2) is 11.6 Å². The number of rotatable bonds is 2. The zero-order valence-corrected chi connectivity index (χ0v) is 32.1. The van der Waals surface area contributed by atoms with Gasteiger partial charge in [-0.3, -0.25) is 24.0 Å². The predicted molar refractivity (Wildman–Crippen MR) is 203 cm³/mol. The highest BCUT2D eigenvalue weighted by Crippen LogP contribution is 2.66. The lowest BCUT2D eigenvalue weighted by atomic mass is 9.48. The molecular weight excluding hydrogens is 650 g/mol. The van der Waals surface area contributed by atoms with Crippen molar-refractivity contribution in [3.63, 3.8) is 0 Å². The minimum Gasteiger partial charge on any atom is -0.480 e. The molecule has 7 nitrogen and oxygen atoms in total. The number of carbonyl (C=O) groups excluding carboxylic acids is 4. The Bertz CT molecular complexity index is 1630. The van der Waals surface area contributed by atoms with Gasteiger partial charge >= 0.3 is 5.97 Å². The van der Waals surface area contributed by atoms with E-state index in [2.05, 4.69) is 53.0 Å². The highest BCUT2D eigenvalue weighted by Gasteiger charge is 2.60. The SMILES string of the molecule is C=C1C[C@@H]2[C@H](CC[C@]3(C)C(=O)CC[C@@H]23)[C@@]2(C)C=CC(=O)C=C12.C=C1C[C@@H]2[C@H](CC[C@]3(C)C(=O)CC[C@@H]23)[C@@]2(C)C=CC(=O)C=C12.CC(C)[C@H](N)C(=O)O. The molecule has 0 radical (unpaired) electrons. The second kappa shape index (κ2) is 13.4. The zero-order valence-electron chi connectivity index (χ0n) is 32.1. The molecule has 11 atom stereocenters. The number of carboxylic acid groups (broad SMARTS) is 1. The number of nitrogens with two attached hydrogens (primary N) is 1. The summed E-state index contributed by atoms with van der Waals surface area (Å²) in [5, 5.41) is 8.23. The number of carboxylic acids is 1. The quantitative estimate of drug-likeness (QED) is 0.296. The number of hydrogen-bond acceptors (Lipinski definition) is 6. The molecule has 0 unspecified atom stereocenters. The van der Waals surface area contributed by atoms with E-state index in [1.807, 2.05) is 0 Å². The first kappa shape index (κ1) is 38.3. The topological polar surface area (TPSA) is 132 Å². The van der Waals surface area contributed by atoms with E-state index in [0.29, 0.717) is 47.1 Å². The third-order valence-corrected chi connectivity index (χ3v) is 15.5. The molecule has 0 aromatic rings. The Morgan fingerprint density at radius 3 is 1.42 bits per heavy atom. The summed E-state index contributed by atoms with van der Waals surface area (Å²) in [7, 11) is 0. The minimum absolute atomic E-state index is 0.0208. The van der Waals surface area contributed by atoms with Crippen LogP contribution in [0.3, 0.4) is 0 Å². The molecular formula is C45H59NO6. The largest absolute Gasteiger partial charge is 0.480 e. The van der Waals surface area contributed by atoms with Gasteiger partial charge < -0.3 is 10.8 Å². The first-order valence-electron chi connectivity index (χ1n) is 19.6. The van der Waals surface area contributed by atoms with Gasteiger partial charge in [-0.2, -0.15) is 0 Å². The maximum atomic E-state index is 12.4. The monoisotopic (exact) mass is 709 g/mol. The van der Waals surface area contributed by atoms with Crippen LogP contribution in [0.15, 0.2) is 71.9 Å². The molecule has 0 aliphatic heterocycles. The van der Waals surface area contributed by atoms with Gasteiger partial charge in [0.2, 0.25) is 0 Å². The van der Waals surface area contributed by atoms with Crippen LogP contribution < -0.4 is 5.73 Å². The Balaban J connectivity index is 0.000000149. The van der Waals surface area contributed by atoms with E-state index < -0.39 is 12.0 Å². The molecule has 0 bridgehead atoms. The van der Waals surface area contributed by atoms with Gasteiger partial charge in [-0.25, -0.2) is 0 Å². The van der Waals surface area contributed by atoms with E-state index in [0.717, 1.165) is 86.5 Å². The van der Waals surface area contributed by atoms with Crippen molar-refractivity contribution < 1.29 is 29.1 Å². The van der Waals surface area contributed by atoms with E-state index in [9.17, 15) is 24.0 Å². The summed E-state index contributed by atoms with van der Waals surface area (Å²) in [5.74, 6) is 3.37. The molecule has 6 saturated carbocycles. The standard InChI is InChI=1S/2C20H24O2.C5H11NO2/c2*1-12-10-14-15-4-5-18(22)20(15,3)9-7-16(14)19(2)8-6-13(21)11-17(12)19;1-3(2)4(6)5(7)8/h2*6,8,11,14-16H,1,4-5,7,9-10H2,2-3H3;3-4H,6H2,1-2H3,(H,7,8)/t2*14-,15-,16-,19+,20-;4-/m000/s1. The van der Waals surface area contributed by atoms with Crippen LogP contribution >= 0.6 is 0 Å². The van der Waals surface area contributed by atoms with E-state index >= 15 is 0 Å². The Kier molecular flexibility index (Phi) is 9.90. The molecule has 3 N–H and O–H groups in total. The van der Waals surface area contributed by atoms with Crippen molar-refractivity contribution in [2.45, 2.75) is 112 Å². The summed E-state index contributed by atoms with van der Waals surface area (Å²) in [4.78, 5) is 58.4. The molecule has 8 rings (SSSR count). The Morgan fingerprint density at radius 1 is 0.712 bits per heavy atom. The fourth-order valence-electron chi connectivity index (χ4n) is 12.2. The Hall–Kier alpha value is -3.45. The molecule has 8 aliphatic carbocycles. The van der Waals surface area contributed by atoms with Crippen LogP contribution in [0.5, 0.6) is 0 Å². The smallest absolute Gasteiger partial charge is 0.320 e. The van der Waals surface area contributed by atoms with Crippen LogP contribution in [0.2, 0.25) is 0 Å². The fraction of sp³-hybridized carbons (Fsp3) is 0.622. The molecule has 0 saturated heterocycles. The molecule has 7 heteroatoms. The van der Waals surface area contributed by atoms with Gasteiger partial charge in [0.05, 0.1) is 0 Å². The first-order valence-corrected chi connectivity index (χ1v) is 19.6. The Morgan fingerprint density at radius 2 is 1.10 bits per heavy atom. The average Bonchev–Trinajstić information content (AvgIpc) is 3.57. The second-order valence-electron chi connectivity index (χ2n) is 18.5. The van der Waals surface area contributed by atoms with Crippen LogP contribution in [-0.2, 0) is 24.0 Å². The molecule has 6 fully saturated rings. The third kappa shape index (κ3) is 6.03. The zero-order chi connectivity index (χ0) is 38.1. The maximum Gasteiger partial charge on any atom is 0.320 e. The second-order valence-corrected chi connectivity index (χ2v) is 18.5. The summed E-state index contributed by atoms with van der Waals surface area (Å²) in [6, 6.07) is -0.713. The van der Waals surface area contributed by atoms with Crippen molar-refractivity contribution in [2.75, 3.05) is 0 Å². The molecule has 0 amide bonds. The van der Waals surface area contributed by atoms with Crippen molar-refractivity contribution in [3.8, 4) is 0 Å². The highest BCUT2D eigenvalue weighted by atomic mass is 16.4. The number of Topliss-reactive ketones (excluding diaryl/α,β-unsaturated/α-hetero) is 2. The van der Waals surface area contributed by atoms with Crippen molar-refractivity contribution in [1.29, 1.82) is 0 Å². The van der Waals surface area contributed by atoms with Gasteiger partial charge in [-0.05, 0) is 128 Å².